The van der Waals surface area contributed by atoms with Gasteiger partial charge in [-0.15, -0.1) is 10.2 Å². The fourth-order valence-corrected chi connectivity index (χ4v) is 5.20. The van der Waals surface area contributed by atoms with E-state index >= 15 is 0 Å². The predicted octanol–water partition coefficient (Wildman–Crippen LogP) is 3.75. The molecule has 0 aliphatic heterocycles. The van der Waals surface area contributed by atoms with Crippen molar-refractivity contribution in [3.05, 3.63) is 60.4 Å². The van der Waals surface area contributed by atoms with Crippen molar-refractivity contribution in [2.45, 2.75) is 45.2 Å². The molecule has 3 heterocycles. The molecule has 14 heteroatoms. The summed E-state index contributed by atoms with van der Waals surface area (Å²) < 4.78 is 54.3. The Balaban J connectivity index is 1.83. The van der Waals surface area contributed by atoms with Crippen molar-refractivity contribution in [2.75, 3.05) is 26.1 Å². The second kappa shape index (κ2) is 12.5. The van der Waals surface area contributed by atoms with Crippen LogP contribution in [-0.2, 0) is 14.8 Å². The van der Waals surface area contributed by atoms with E-state index in [0.29, 0.717) is 34.3 Å². The Kier molecular flexibility index (Phi) is 9.03. The first-order chi connectivity index (χ1) is 19.6. The summed E-state index contributed by atoms with van der Waals surface area (Å²) in [6, 6.07) is 7.08. The van der Waals surface area contributed by atoms with Gasteiger partial charge in [-0.25, -0.2) is 18.4 Å². The summed E-state index contributed by atoms with van der Waals surface area (Å²) in [7, 11) is 0.326. The number of nitrogens with zero attached hydrogens (tertiary/aromatic N) is 6. The third-order valence-corrected chi connectivity index (χ3v) is 7.82. The van der Waals surface area contributed by atoms with Gasteiger partial charge in [0.15, 0.2) is 17.4 Å². The summed E-state index contributed by atoms with van der Waals surface area (Å²) in [5.74, 6) is 1.68. The Morgan fingerprint density at radius 2 is 1.56 bits per heavy atom. The van der Waals surface area contributed by atoms with Crippen molar-refractivity contribution in [1.29, 1.82) is 0 Å². The number of aromatic nitrogens is 6. The number of sulfonamides is 1. The number of aryl methyl sites for hydroxylation is 1. The molecule has 218 valence electrons. The average molecular weight is 584 g/mol. The molecule has 0 unspecified atom stereocenters. The lowest BCUT2D eigenvalue weighted by Crippen LogP contribution is -2.35. The second-order valence-electron chi connectivity index (χ2n) is 9.38. The van der Waals surface area contributed by atoms with Gasteiger partial charge in [0.05, 0.1) is 39.8 Å². The molecule has 0 amide bonds. The molecular weight excluding hydrogens is 550 g/mol. The van der Waals surface area contributed by atoms with Crippen molar-refractivity contribution >= 4 is 16.0 Å². The summed E-state index contributed by atoms with van der Waals surface area (Å²) in [6.45, 7) is 7.01. The van der Waals surface area contributed by atoms with Crippen molar-refractivity contribution in [3.8, 4) is 34.3 Å². The summed E-state index contributed by atoms with van der Waals surface area (Å²) in [5.41, 5.74) is 1.89. The standard InChI is InChI=1S/C27H33N7O6S/c1-16(2)40-24(25-29-14-20(37-5)15-30-25)18(4)41(35,36)33-27-32-31-26(19-11-17(3)12-28-13-19)34(27)23-21(38-6)9-8-10-22(23)39-7/h8-16,18,24H,1-7H3,(H,32,33)/t18-,24+/m1/s1. The summed E-state index contributed by atoms with van der Waals surface area (Å²) in [4.78, 5) is 12.8. The monoisotopic (exact) mass is 583 g/mol. The van der Waals surface area contributed by atoms with Crippen LogP contribution in [0.1, 0.15) is 38.3 Å². The van der Waals surface area contributed by atoms with Crippen LogP contribution in [0.2, 0.25) is 0 Å². The fourth-order valence-electron chi connectivity index (χ4n) is 4.11. The van der Waals surface area contributed by atoms with Crippen molar-refractivity contribution in [2.24, 2.45) is 0 Å². The zero-order chi connectivity index (χ0) is 29.7. The molecule has 0 spiro atoms. The van der Waals surface area contributed by atoms with Gasteiger partial charge in [0.1, 0.15) is 28.5 Å². The molecule has 4 rings (SSSR count). The second-order valence-corrected chi connectivity index (χ2v) is 11.4. The van der Waals surface area contributed by atoms with Gasteiger partial charge in [-0.3, -0.25) is 14.3 Å². The molecule has 0 saturated heterocycles. The van der Waals surface area contributed by atoms with Gasteiger partial charge < -0.3 is 18.9 Å². The number of para-hydroxylation sites is 1. The molecule has 4 aromatic rings. The maximum absolute atomic E-state index is 13.9. The molecule has 0 bridgehead atoms. The number of pyridine rings is 1. The summed E-state index contributed by atoms with van der Waals surface area (Å²) >= 11 is 0. The molecule has 0 aliphatic rings. The highest BCUT2D eigenvalue weighted by Gasteiger charge is 2.36. The van der Waals surface area contributed by atoms with E-state index in [2.05, 4.69) is 29.9 Å². The molecule has 3 aromatic heterocycles. The molecule has 0 radical (unpaired) electrons. The van der Waals surface area contributed by atoms with Crippen LogP contribution in [0.5, 0.6) is 17.2 Å². The number of benzene rings is 1. The van der Waals surface area contributed by atoms with E-state index in [1.807, 2.05) is 13.0 Å². The van der Waals surface area contributed by atoms with E-state index < -0.39 is 21.4 Å². The number of hydrogen-bond donors (Lipinski definition) is 1. The summed E-state index contributed by atoms with van der Waals surface area (Å²) in [6.07, 6.45) is 4.91. The summed E-state index contributed by atoms with van der Waals surface area (Å²) in [5, 5.41) is 7.42. The van der Waals surface area contributed by atoms with Crippen LogP contribution < -0.4 is 18.9 Å². The molecule has 41 heavy (non-hydrogen) atoms. The first kappa shape index (κ1) is 29.7. The maximum Gasteiger partial charge on any atom is 0.243 e. The lowest BCUT2D eigenvalue weighted by Gasteiger charge is -2.25. The van der Waals surface area contributed by atoms with Crippen molar-refractivity contribution in [1.82, 2.24) is 29.7 Å². The van der Waals surface area contributed by atoms with E-state index in [1.165, 1.54) is 45.2 Å². The van der Waals surface area contributed by atoms with E-state index in [1.54, 1.807) is 44.4 Å². The third kappa shape index (κ3) is 6.38. The zero-order valence-electron chi connectivity index (χ0n) is 23.9. The highest BCUT2D eigenvalue weighted by atomic mass is 32.2. The Morgan fingerprint density at radius 1 is 0.902 bits per heavy atom. The predicted molar refractivity (Wildman–Crippen MR) is 152 cm³/mol. The van der Waals surface area contributed by atoms with Gasteiger partial charge in [-0.2, -0.15) is 0 Å². The normalized spacial score (nSPS) is 13.1. The minimum Gasteiger partial charge on any atom is -0.494 e. The lowest BCUT2D eigenvalue weighted by molar-refractivity contribution is 0.00148. The minimum atomic E-state index is -4.18. The Labute approximate surface area is 239 Å². The average Bonchev–Trinajstić information content (AvgIpc) is 3.37. The molecule has 1 aromatic carbocycles. The zero-order valence-corrected chi connectivity index (χ0v) is 24.7. The van der Waals surface area contributed by atoms with E-state index in [4.69, 9.17) is 18.9 Å². The molecule has 0 fully saturated rings. The minimum absolute atomic E-state index is 0.0879. The highest BCUT2D eigenvalue weighted by molar-refractivity contribution is 7.93. The van der Waals surface area contributed by atoms with Crippen LogP contribution in [0.15, 0.2) is 49.1 Å². The number of ether oxygens (including phenoxy) is 4. The fraction of sp³-hybridized carbons (Fsp3) is 0.370. The largest absolute Gasteiger partial charge is 0.494 e. The lowest BCUT2D eigenvalue weighted by atomic mass is 10.2. The first-order valence-corrected chi connectivity index (χ1v) is 14.3. The van der Waals surface area contributed by atoms with Crippen LogP contribution in [0.25, 0.3) is 17.1 Å². The quantitative estimate of drug-likeness (QED) is 0.259. The van der Waals surface area contributed by atoms with Crippen LogP contribution in [0, 0.1) is 6.92 Å². The first-order valence-electron chi connectivity index (χ1n) is 12.7. The number of anilines is 1. The van der Waals surface area contributed by atoms with Crippen LogP contribution >= 0.6 is 0 Å². The molecule has 1 N–H and O–H groups in total. The third-order valence-electron chi connectivity index (χ3n) is 6.13. The van der Waals surface area contributed by atoms with Gasteiger partial charge in [-0.05, 0) is 51.5 Å². The van der Waals surface area contributed by atoms with E-state index in [0.717, 1.165) is 5.56 Å². The van der Waals surface area contributed by atoms with E-state index in [9.17, 15) is 8.42 Å². The molecule has 0 saturated carbocycles. The van der Waals surface area contributed by atoms with Crippen molar-refractivity contribution < 1.29 is 27.4 Å². The number of methoxy groups -OCH3 is 3. The van der Waals surface area contributed by atoms with Gasteiger partial charge in [0.2, 0.25) is 16.0 Å². The number of hydrogen-bond acceptors (Lipinski definition) is 11. The van der Waals surface area contributed by atoms with Crippen LogP contribution in [0.3, 0.4) is 0 Å². The van der Waals surface area contributed by atoms with Crippen LogP contribution in [0.4, 0.5) is 5.95 Å². The van der Waals surface area contributed by atoms with Gasteiger partial charge in [-0.1, -0.05) is 6.07 Å². The maximum atomic E-state index is 13.9. The highest BCUT2D eigenvalue weighted by Crippen LogP contribution is 2.38. The topological polar surface area (TPSA) is 152 Å². The number of nitrogens with one attached hydrogen (secondary N) is 1. The molecule has 0 aliphatic carbocycles. The SMILES string of the molecule is COc1cnc([C@@H](OC(C)C)[C@@H](C)S(=O)(=O)Nc2nnc(-c3cncc(C)c3)n2-c2c(OC)cccc2OC)nc1. The Hall–Kier alpha value is -4.30. The van der Waals surface area contributed by atoms with Gasteiger partial charge >= 0.3 is 0 Å². The molecule has 2 atom stereocenters. The smallest absolute Gasteiger partial charge is 0.243 e. The van der Waals surface area contributed by atoms with E-state index in [-0.39, 0.29) is 17.9 Å². The van der Waals surface area contributed by atoms with Crippen molar-refractivity contribution in [3.63, 3.8) is 0 Å². The molecule has 13 nitrogen and oxygen atoms in total. The number of rotatable bonds is 12. The Bertz CT molecular complexity index is 1570. The van der Waals surface area contributed by atoms with Gasteiger partial charge in [0, 0.05) is 18.0 Å². The Morgan fingerprint density at radius 3 is 2.12 bits per heavy atom. The van der Waals surface area contributed by atoms with Gasteiger partial charge in [0.25, 0.3) is 0 Å². The van der Waals surface area contributed by atoms with Crippen LogP contribution in [-0.4, -0.2) is 70.8 Å². The molecular formula is C27H33N7O6S.